The monoisotopic (exact) mass is 240 g/mol. The molecule has 1 aliphatic rings. The van der Waals surface area contributed by atoms with Crippen molar-refractivity contribution < 1.29 is 8.78 Å². The molecule has 1 saturated heterocycles. The molecule has 2 nitrogen and oxygen atoms in total. The maximum atomic E-state index is 13.0. The van der Waals surface area contributed by atoms with Gasteiger partial charge in [0.2, 0.25) is 0 Å². The smallest absolute Gasteiger partial charge is 0.159 e. The van der Waals surface area contributed by atoms with Crippen LogP contribution in [-0.4, -0.2) is 31.6 Å². The average molecular weight is 240 g/mol. The van der Waals surface area contributed by atoms with Crippen molar-refractivity contribution in [2.45, 2.75) is 13.0 Å². The van der Waals surface area contributed by atoms with E-state index in [2.05, 4.69) is 10.2 Å². The van der Waals surface area contributed by atoms with E-state index in [-0.39, 0.29) is 0 Å². The van der Waals surface area contributed by atoms with E-state index in [9.17, 15) is 8.78 Å². The minimum Gasteiger partial charge on any atom is -0.319 e. The molecule has 1 aliphatic heterocycles. The predicted molar refractivity (Wildman–Crippen MR) is 63.7 cm³/mol. The van der Waals surface area contributed by atoms with E-state index in [1.54, 1.807) is 6.07 Å². The Hall–Kier alpha value is -1.00. The van der Waals surface area contributed by atoms with E-state index in [0.29, 0.717) is 12.5 Å². The Balaban J connectivity index is 1.91. The van der Waals surface area contributed by atoms with E-state index in [1.807, 2.05) is 7.05 Å². The Kier molecular flexibility index (Phi) is 4.07. The highest BCUT2D eigenvalue weighted by atomic mass is 19.2. The zero-order valence-corrected chi connectivity index (χ0v) is 10.0. The molecule has 94 valence electrons. The van der Waals surface area contributed by atoms with Gasteiger partial charge in [-0.25, -0.2) is 8.78 Å². The number of benzene rings is 1. The molecular formula is C13H18F2N2. The zero-order valence-electron chi connectivity index (χ0n) is 10.0. The molecule has 1 fully saturated rings. The van der Waals surface area contributed by atoms with Gasteiger partial charge >= 0.3 is 0 Å². The van der Waals surface area contributed by atoms with Crippen molar-refractivity contribution in [3.05, 3.63) is 35.4 Å². The van der Waals surface area contributed by atoms with Crippen LogP contribution in [0.1, 0.15) is 12.0 Å². The molecular weight excluding hydrogens is 222 g/mol. The molecule has 2 rings (SSSR count). The summed E-state index contributed by atoms with van der Waals surface area (Å²) in [5.74, 6) is -0.859. The molecule has 1 aromatic carbocycles. The number of hydrogen-bond donors (Lipinski definition) is 1. The molecule has 0 amide bonds. The highest BCUT2D eigenvalue weighted by Gasteiger charge is 2.21. The Morgan fingerprint density at radius 2 is 2.18 bits per heavy atom. The largest absolute Gasteiger partial charge is 0.319 e. The van der Waals surface area contributed by atoms with Crippen molar-refractivity contribution in [3.63, 3.8) is 0 Å². The third kappa shape index (κ3) is 3.23. The Morgan fingerprint density at radius 1 is 1.35 bits per heavy atom. The molecule has 0 bridgehead atoms. The fraction of sp³-hybridized carbons (Fsp3) is 0.538. The number of hydrogen-bond acceptors (Lipinski definition) is 2. The van der Waals surface area contributed by atoms with Gasteiger partial charge < -0.3 is 5.32 Å². The summed E-state index contributed by atoms with van der Waals surface area (Å²) in [7, 11) is 1.96. The maximum absolute atomic E-state index is 13.0. The van der Waals surface area contributed by atoms with Gasteiger partial charge in [0.1, 0.15) is 0 Å². The number of nitrogens with zero attached hydrogens (tertiary/aromatic N) is 1. The summed E-state index contributed by atoms with van der Waals surface area (Å²) >= 11 is 0. The van der Waals surface area contributed by atoms with Gasteiger partial charge in [0, 0.05) is 13.1 Å². The van der Waals surface area contributed by atoms with E-state index >= 15 is 0 Å². The van der Waals surface area contributed by atoms with Gasteiger partial charge in [0.25, 0.3) is 0 Å². The highest BCUT2D eigenvalue weighted by molar-refractivity contribution is 5.17. The second-order valence-electron chi connectivity index (χ2n) is 4.70. The Bertz CT molecular complexity index is 382. The number of rotatable bonds is 4. The lowest BCUT2D eigenvalue weighted by Gasteiger charge is -2.16. The van der Waals surface area contributed by atoms with Crippen LogP contribution < -0.4 is 5.32 Å². The average Bonchev–Trinajstić information content (AvgIpc) is 2.72. The van der Waals surface area contributed by atoms with Crippen molar-refractivity contribution in [1.82, 2.24) is 10.2 Å². The van der Waals surface area contributed by atoms with Crippen LogP contribution >= 0.6 is 0 Å². The predicted octanol–water partition coefficient (Wildman–Crippen LogP) is 2.01. The Labute approximate surface area is 101 Å². The van der Waals surface area contributed by atoms with Crippen molar-refractivity contribution >= 4 is 0 Å². The van der Waals surface area contributed by atoms with E-state index in [4.69, 9.17) is 0 Å². The van der Waals surface area contributed by atoms with E-state index < -0.39 is 11.6 Å². The van der Waals surface area contributed by atoms with Crippen molar-refractivity contribution in [2.75, 3.05) is 26.7 Å². The standard InChI is InChI=1S/C13H18F2N2/c1-16-7-11-4-5-17(9-11)8-10-2-3-12(14)13(15)6-10/h2-3,6,11,16H,4-5,7-9H2,1H3. The lowest BCUT2D eigenvalue weighted by atomic mass is 10.1. The van der Waals surface area contributed by atoms with Crippen molar-refractivity contribution in [3.8, 4) is 0 Å². The molecule has 1 aromatic rings. The number of likely N-dealkylation sites (tertiary alicyclic amines) is 1. The second-order valence-corrected chi connectivity index (χ2v) is 4.70. The summed E-state index contributed by atoms with van der Waals surface area (Å²) < 4.78 is 25.8. The summed E-state index contributed by atoms with van der Waals surface area (Å²) in [6.45, 7) is 3.79. The highest BCUT2D eigenvalue weighted by Crippen LogP contribution is 2.18. The molecule has 0 aromatic heterocycles. The van der Waals surface area contributed by atoms with E-state index in [1.165, 1.54) is 18.6 Å². The Morgan fingerprint density at radius 3 is 2.88 bits per heavy atom. The minimum atomic E-state index is -0.775. The van der Waals surface area contributed by atoms with Crippen LogP contribution in [-0.2, 0) is 6.54 Å². The summed E-state index contributed by atoms with van der Waals surface area (Å²) in [5.41, 5.74) is 0.842. The summed E-state index contributed by atoms with van der Waals surface area (Å²) in [6, 6.07) is 4.15. The fourth-order valence-corrected chi connectivity index (χ4v) is 2.41. The summed E-state index contributed by atoms with van der Waals surface area (Å²) in [5, 5.41) is 3.17. The van der Waals surface area contributed by atoms with Crippen LogP contribution in [0.5, 0.6) is 0 Å². The molecule has 17 heavy (non-hydrogen) atoms. The molecule has 1 heterocycles. The van der Waals surface area contributed by atoms with Crippen molar-refractivity contribution in [1.29, 1.82) is 0 Å². The molecule has 0 spiro atoms. The van der Waals surface area contributed by atoms with Crippen LogP contribution in [0.3, 0.4) is 0 Å². The van der Waals surface area contributed by atoms with Crippen LogP contribution in [0.4, 0.5) is 8.78 Å². The van der Waals surface area contributed by atoms with Crippen LogP contribution in [0, 0.1) is 17.6 Å². The molecule has 1 N–H and O–H groups in total. The number of nitrogens with one attached hydrogen (secondary N) is 1. The molecule has 0 saturated carbocycles. The fourth-order valence-electron chi connectivity index (χ4n) is 2.41. The van der Waals surface area contributed by atoms with Gasteiger partial charge in [0.05, 0.1) is 0 Å². The molecule has 1 unspecified atom stereocenters. The first-order valence-electron chi connectivity index (χ1n) is 6.00. The van der Waals surface area contributed by atoms with Gasteiger partial charge in [-0.2, -0.15) is 0 Å². The normalized spacial score (nSPS) is 21.0. The SMILES string of the molecule is CNCC1CCN(Cc2ccc(F)c(F)c2)C1. The van der Waals surface area contributed by atoms with Gasteiger partial charge in [0.15, 0.2) is 11.6 Å². The van der Waals surface area contributed by atoms with Crippen LogP contribution in [0.25, 0.3) is 0 Å². The third-order valence-corrected chi connectivity index (χ3v) is 3.25. The van der Waals surface area contributed by atoms with Gasteiger partial charge in [-0.1, -0.05) is 6.07 Å². The lowest BCUT2D eigenvalue weighted by Crippen LogP contribution is -2.24. The first-order valence-corrected chi connectivity index (χ1v) is 6.00. The zero-order chi connectivity index (χ0) is 12.3. The number of halogens is 2. The molecule has 0 aliphatic carbocycles. The van der Waals surface area contributed by atoms with E-state index in [0.717, 1.165) is 25.2 Å². The molecule has 1 atom stereocenters. The second kappa shape index (κ2) is 5.56. The summed E-state index contributed by atoms with van der Waals surface area (Å²) in [6.07, 6.45) is 1.17. The van der Waals surface area contributed by atoms with Crippen LogP contribution in [0.2, 0.25) is 0 Å². The quantitative estimate of drug-likeness (QED) is 0.866. The first kappa shape index (κ1) is 12.5. The van der Waals surface area contributed by atoms with Crippen LogP contribution in [0.15, 0.2) is 18.2 Å². The lowest BCUT2D eigenvalue weighted by molar-refractivity contribution is 0.314. The maximum Gasteiger partial charge on any atom is 0.159 e. The third-order valence-electron chi connectivity index (χ3n) is 3.25. The van der Waals surface area contributed by atoms with Gasteiger partial charge in [-0.3, -0.25) is 4.90 Å². The molecule has 0 radical (unpaired) electrons. The topological polar surface area (TPSA) is 15.3 Å². The van der Waals surface area contributed by atoms with Gasteiger partial charge in [-0.15, -0.1) is 0 Å². The summed E-state index contributed by atoms with van der Waals surface area (Å²) in [4.78, 5) is 2.29. The van der Waals surface area contributed by atoms with Gasteiger partial charge in [-0.05, 0) is 50.2 Å². The first-order chi connectivity index (χ1) is 8.19. The van der Waals surface area contributed by atoms with Crippen molar-refractivity contribution in [2.24, 2.45) is 5.92 Å². The minimum absolute atomic E-state index is 0.672. The molecule has 4 heteroatoms.